The number of thioether (sulfide) groups is 2. The third-order valence-corrected chi connectivity index (χ3v) is 4.03. The predicted octanol–water partition coefficient (Wildman–Crippen LogP) is 3.91. The van der Waals surface area contributed by atoms with E-state index in [9.17, 15) is 0 Å². The molecule has 0 rings (SSSR count). The Labute approximate surface area is 86.3 Å². The standard InChI is InChI=1S/C10H22S2/c1-4-6-11-8-9-12-7-5-10(2)3/h10H,4-9H2,1-3H3. The molecule has 0 aliphatic carbocycles. The van der Waals surface area contributed by atoms with Crippen molar-refractivity contribution in [3.05, 3.63) is 0 Å². The fourth-order valence-electron chi connectivity index (χ4n) is 0.785. The maximum absolute atomic E-state index is 2.30. The van der Waals surface area contributed by atoms with Gasteiger partial charge in [0.05, 0.1) is 0 Å². The monoisotopic (exact) mass is 206 g/mol. The average Bonchev–Trinajstić information content (AvgIpc) is 2.02. The lowest BCUT2D eigenvalue weighted by Crippen LogP contribution is -1.92. The molecule has 0 aliphatic heterocycles. The second kappa shape index (κ2) is 9.79. The van der Waals surface area contributed by atoms with Gasteiger partial charge in [0, 0.05) is 11.5 Å². The molecule has 0 fully saturated rings. The summed E-state index contributed by atoms with van der Waals surface area (Å²) < 4.78 is 0. The summed E-state index contributed by atoms with van der Waals surface area (Å²) in [5.41, 5.74) is 0. The van der Waals surface area contributed by atoms with Gasteiger partial charge < -0.3 is 0 Å². The lowest BCUT2D eigenvalue weighted by molar-refractivity contribution is 0.632. The summed E-state index contributed by atoms with van der Waals surface area (Å²) in [5, 5.41) is 0. The maximum Gasteiger partial charge on any atom is 0.00235 e. The van der Waals surface area contributed by atoms with Gasteiger partial charge in [-0.15, -0.1) is 0 Å². The van der Waals surface area contributed by atoms with Gasteiger partial charge >= 0.3 is 0 Å². The van der Waals surface area contributed by atoms with Crippen LogP contribution in [0.4, 0.5) is 0 Å². The topological polar surface area (TPSA) is 0 Å². The van der Waals surface area contributed by atoms with Crippen LogP contribution < -0.4 is 0 Å². The lowest BCUT2D eigenvalue weighted by atomic mass is 10.2. The van der Waals surface area contributed by atoms with Crippen LogP contribution in [-0.2, 0) is 0 Å². The van der Waals surface area contributed by atoms with Gasteiger partial charge in [-0.2, -0.15) is 23.5 Å². The van der Waals surface area contributed by atoms with Crippen molar-refractivity contribution >= 4 is 23.5 Å². The molecule has 0 aromatic carbocycles. The zero-order valence-corrected chi connectivity index (χ0v) is 10.3. The quantitative estimate of drug-likeness (QED) is 0.552. The second-order valence-corrected chi connectivity index (χ2v) is 5.86. The lowest BCUT2D eigenvalue weighted by Gasteiger charge is -2.03. The van der Waals surface area contributed by atoms with E-state index in [4.69, 9.17) is 0 Å². The molecule has 0 aromatic rings. The first-order chi connectivity index (χ1) is 5.77. The maximum atomic E-state index is 2.30. The Kier molecular flexibility index (Phi) is 10.4. The molecule has 12 heavy (non-hydrogen) atoms. The van der Waals surface area contributed by atoms with Crippen LogP contribution in [0, 0.1) is 5.92 Å². The highest BCUT2D eigenvalue weighted by Gasteiger charge is 1.94. The molecule has 0 unspecified atom stereocenters. The van der Waals surface area contributed by atoms with Gasteiger partial charge in [-0.1, -0.05) is 20.8 Å². The molecule has 0 N–H and O–H groups in total. The van der Waals surface area contributed by atoms with Gasteiger partial charge in [-0.3, -0.25) is 0 Å². The summed E-state index contributed by atoms with van der Waals surface area (Å²) in [7, 11) is 0. The zero-order valence-electron chi connectivity index (χ0n) is 8.64. The molecule has 0 radical (unpaired) electrons. The minimum absolute atomic E-state index is 0.876. The van der Waals surface area contributed by atoms with Crippen molar-refractivity contribution < 1.29 is 0 Å². The smallest absolute Gasteiger partial charge is 0.00235 e. The van der Waals surface area contributed by atoms with Gasteiger partial charge in [0.25, 0.3) is 0 Å². The van der Waals surface area contributed by atoms with E-state index >= 15 is 0 Å². The van der Waals surface area contributed by atoms with Crippen LogP contribution in [0.2, 0.25) is 0 Å². The molecule has 0 spiro atoms. The van der Waals surface area contributed by atoms with Gasteiger partial charge in [-0.25, -0.2) is 0 Å². The number of hydrogen-bond acceptors (Lipinski definition) is 2. The van der Waals surface area contributed by atoms with Gasteiger partial charge in [0.1, 0.15) is 0 Å². The summed E-state index contributed by atoms with van der Waals surface area (Å²) in [6, 6.07) is 0. The molecular weight excluding hydrogens is 184 g/mol. The Bertz CT molecular complexity index is 81.9. The van der Waals surface area contributed by atoms with Crippen molar-refractivity contribution in [2.24, 2.45) is 5.92 Å². The Hall–Kier alpha value is 0.700. The van der Waals surface area contributed by atoms with E-state index in [0.29, 0.717) is 0 Å². The van der Waals surface area contributed by atoms with E-state index in [-0.39, 0.29) is 0 Å². The van der Waals surface area contributed by atoms with Gasteiger partial charge in [0.2, 0.25) is 0 Å². The largest absolute Gasteiger partial charge is 0.161 e. The fraction of sp³-hybridized carbons (Fsp3) is 1.00. The summed E-state index contributed by atoms with van der Waals surface area (Å²) in [6.07, 6.45) is 2.70. The molecule has 0 aromatic heterocycles. The Morgan fingerprint density at radius 2 is 1.50 bits per heavy atom. The highest BCUT2D eigenvalue weighted by atomic mass is 32.2. The highest BCUT2D eigenvalue weighted by Crippen LogP contribution is 2.11. The first-order valence-electron chi connectivity index (χ1n) is 4.92. The highest BCUT2D eigenvalue weighted by molar-refractivity contribution is 8.02. The van der Waals surface area contributed by atoms with E-state index in [1.165, 1.54) is 35.9 Å². The van der Waals surface area contributed by atoms with Crippen LogP contribution >= 0.6 is 23.5 Å². The third kappa shape index (κ3) is 10.7. The molecule has 0 heterocycles. The SMILES string of the molecule is CCCSCCSCCC(C)C. The zero-order chi connectivity index (χ0) is 9.23. The average molecular weight is 206 g/mol. The van der Waals surface area contributed by atoms with E-state index < -0.39 is 0 Å². The molecule has 0 bridgehead atoms. The summed E-state index contributed by atoms with van der Waals surface area (Å²) >= 11 is 4.20. The van der Waals surface area contributed by atoms with Crippen LogP contribution in [0.15, 0.2) is 0 Å². The van der Waals surface area contributed by atoms with Crippen LogP contribution in [0.25, 0.3) is 0 Å². The van der Waals surface area contributed by atoms with E-state index in [1.807, 2.05) is 0 Å². The second-order valence-electron chi connectivity index (χ2n) is 3.41. The molecule has 0 aliphatic rings. The molecule has 2 heteroatoms. The predicted molar refractivity (Wildman–Crippen MR) is 64.4 cm³/mol. The molecule has 0 atom stereocenters. The molecule has 74 valence electrons. The minimum Gasteiger partial charge on any atom is -0.161 e. The van der Waals surface area contributed by atoms with Crippen molar-refractivity contribution in [3.8, 4) is 0 Å². The number of rotatable bonds is 8. The van der Waals surface area contributed by atoms with Crippen LogP contribution in [0.1, 0.15) is 33.6 Å². The van der Waals surface area contributed by atoms with Crippen LogP contribution in [0.5, 0.6) is 0 Å². The van der Waals surface area contributed by atoms with Crippen molar-refractivity contribution in [1.82, 2.24) is 0 Å². The first kappa shape index (κ1) is 12.7. The normalized spacial score (nSPS) is 11.0. The third-order valence-electron chi connectivity index (χ3n) is 1.56. The van der Waals surface area contributed by atoms with Gasteiger partial charge in [0.15, 0.2) is 0 Å². The van der Waals surface area contributed by atoms with Crippen molar-refractivity contribution in [2.75, 3.05) is 23.0 Å². The molecule has 0 saturated heterocycles. The van der Waals surface area contributed by atoms with E-state index in [2.05, 4.69) is 44.3 Å². The van der Waals surface area contributed by atoms with Gasteiger partial charge in [-0.05, 0) is 30.3 Å². The molecule has 0 amide bonds. The molecule has 0 saturated carbocycles. The summed E-state index contributed by atoms with van der Waals surface area (Å²) in [6.45, 7) is 6.84. The van der Waals surface area contributed by atoms with Crippen LogP contribution in [0.3, 0.4) is 0 Å². The van der Waals surface area contributed by atoms with E-state index in [0.717, 1.165) is 5.92 Å². The Morgan fingerprint density at radius 1 is 0.917 bits per heavy atom. The fourth-order valence-corrected chi connectivity index (χ4v) is 3.06. The Balaban J connectivity index is 2.82. The Morgan fingerprint density at radius 3 is 2.00 bits per heavy atom. The van der Waals surface area contributed by atoms with Crippen LogP contribution in [-0.4, -0.2) is 23.0 Å². The van der Waals surface area contributed by atoms with Crippen molar-refractivity contribution in [2.45, 2.75) is 33.6 Å². The first-order valence-corrected chi connectivity index (χ1v) is 7.23. The van der Waals surface area contributed by atoms with Crippen molar-refractivity contribution in [3.63, 3.8) is 0 Å². The number of hydrogen-bond donors (Lipinski definition) is 0. The molecular formula is C10H22S2. The minimum atomic E-state index is 0.876. The molecule has 0 nitrogen and oxygen atoms in total. The van der Waals surface area contributed by atoms with Crippen molar-refractivity contribution in [1.29, 1.82) is 0 Å². The summed E-state index contributed by atoms with van der Waals surface area (Å²) in [4.78, 5) is 0. The van der Waals surface area contributed by atoms with E-state index in [1.54, 1.807) is 0 Å². The summed E-state index contributed by atoms with van der Waals surface area (Å²) in [5.74, 6) is 6.25.